The van der Waals surface area contributed by atoms with Gasteiger partial charge in [-0.2, -0.15) is 0 Å². The summed E-state index contributed by atoms with van der Waals surface area (Å²) in [6.45, 7) is 8.66. The van der Waals surface area contributed by atoms with Gasteiger partial charge in [-0.15, -0.1) is 0 Å². The van der Waals surface area contributed by atoms with Gasteiger partial charge in [-0.05, 0) is 29.9 Å². The van der Waals surface area contributed by atoms with Crippen LogP contribution >= 0.6 is 0 Å². The Kier molecular flexibility index (Phi) is 4.17. The minimum atomic E-state index is -0.0483. The molecule has 0 unspecified atom stereocenters. The van der Waals surface area contributed by atoms with Crippen molar-refractivity contribution in [3.8, 4) is 5.69 Å². The van der Waals surface area contributed by atoms with Crippen molar-refractivity contribution in [2.45, 2.75) is 52.4 Å². The molecule has 20 heavy (non-hydrogen) atoms. The predicted molar refractivity (Wildman–Crippen MR) is 83.7 cm³/mol. The van der Waals surface area contributed by atoms with E-state index in [1.54, 1.807) is 4.57 Å². The van der Waals surface area contributed by atoms with Crippen LogP contribution in [-0.4, -0.2) is 9.55 Å². The van der Waals surface area contributed by atoms with Gasteiger partial charge in [0.05, 0.1) is 5.69 Å². The molecule has 3 nitrogen and oxygen atoms in total. The maximum atomic E-state index is 12.2. The van der Waals surface area contributed by atoms with Gasteiger partial charge in [0.1, 0.15) is 0 Å². The Morgan fingerprint density at radius 2 is 1.90 bits per heavy atom. The molecule has 1 aromatic heterocycles. The average Bonchev–Trinajstić information content (AvgIpc) is 2.76. The number of aromatic nitrogens is 2. The number of nitrogens with one attached hydrogen (secondary N) is 1. The number of nitrogens with zero attached hydrogens (tertiary/aromatic N) is 1. The van der Waals surface area contributed by atoms with E-state index in [1.807, 2.05) is 24.4 Å². The van der Waals surface area contributed by atoms with Crippen LogP contribution in [0.4, 0.5) is 0 Å². The molecular weight excluding hydrogens is 248 g/mol. The quantitative estimate of drug-likeness (QED) is 0.903. The smallest absolute Gasteiger partial charge is 0.310 e. The highest BCUT2D eigenvalue weighted by Crippen LogP contribution is 2.27. The average molecular weight is 272 g/mol. The van der Waals surface area contributed by atoms with Crippen LogP contribution in [0.1, 0.15) is 51.8 Å². The summed E-state index contributed by atoms with van der Waals surface area (Å²) in [6, 6.07) is 8.12. The number of hydrogen-bond donors (Lipinski definition) is 1. The van der Waals surface area contributed by atoms with Gasteiger partial charge in [0.2, 0.25) is 0 Å². The van der Waals surface area contributed by atoms with Crippen molar-refractivity contribution < 1.29 is 0 Å². The van der Waals surface area contributed by atoms with Gasteiger partial charge in [0.15, 0.2) is 0 Å². The van der Waals surface area contributed by atoms with Crippen LogP contribution in [0.25, 0.3) is 5.69 Å². The van der Waals surface area contributed by atoms with E-state index in [0.29, 0.717) is 0 Å². The minimum absolute atomic E-state index is 0.0108. The van der Waals surface area contributed by atoms with Crippen LogP contribution in [-0.2, 0) is 11.8 Å². The van der Waals surface area contributed by atoms with Gasteiger partial charge < -0.3 is 4.98 Å². The van der Waals surface area contributed by atoms with E-state index < -0.39 is 0 Å². The fourth-order valence-electron chi connectivity index (χ4n) is 2.44. The van der Waals surface area contributed by atoms with Crippen molar-refractivity contribution in [1.29, 1.82) is 0 Å². The maximum absolute atomic E-state index is 12.2. The largest absolute Gasteiger partial charge is 0.330 e. The number of unbranched alkanes of at least 4 members (excludes halogenated alkanes) is 1. The first-order valence-electron chi connectivity index (χ1n) is 7.34. The highest BCUT2D eigenvalue weighted by molar-refractivity contribution is 5.45. The first-order chi connectivity index (χ1) is 9.43. The van der Waals surface area contributed by atoms with E-state index in [4.69, 9.17) is 0 Å². The Balaban J connectivity index is 2.47. The molecule has 1 N–H and O–H groups in total. The van der Waals surface area contributed by atoms with Crippen LogP contribution in [0.3, 0.4) is 0 Å². The van der Waals surface area contributed by atoms with Crippen molar-refractivity contribution in [1.82, 2.24) is 9.55 Å². The number of imidazole rings is 1. The van der Waals surface area contributed by atoms with E-state index >= 15 is 0 Å². The third kappa shape index (κ3) is 3.03. The molecule has 0 aliphatic carbocycles. The van der Waals surface area contributed by atoms with E-state index in [-0.39, 0.29) is 11.1 Å². The van der Waals surface area contributed by atoms with E-state index in [2.05, 4.69) is 38.7 Å². The maximum Gasteiger partial charge on any atom is 0.330 e. The second-order valence-electron chi connectivity index (χ2n) is 6.33. The lowest BCUT2D eigenvalue weighted by atomic mass is 9.86. The third-order valence-electron chi connectivity index (χ3n) is 3.54. The Labute approximate surface area is 120 Å². The molecule has 1 heterocycles. The molecule has 0 saturated carbocycles. The molecule has 2 aromatic rings. The summed E-state index contributed by atoms with van der Waals surface area (Å²) < 4.78 is 1.74. The lowest BCUT2D eigenvalue weighted by molar-refractivity contribution is 0.585. The predicted octanol–water partition coefficient (Wildman–Crippen LogP) is 3.81. The van der Waals surface area contributed by atoms with Gasteiger partial charge in [-0.25, -0.2) is 4.79 Å². The number of rotatable bonds is 4. The highest BCUT2D eigenvalue weighted by atomic mass is 16.1. The second kappa shape index (κ2) is 5.70. The number of aromatic amines is 1. The molecule has 0 atom stereocenters. The molecule has 0 aliphatic heterocycles. The second-order valence-corrected chi connectivity index (χ2v) is 6.33. The first-order valence-corrected chi connectivity index (χ1v) is 7.34. The molecule has 108 valence electrons. The van der Waals surface area contributed by atoms with Crippen LogP contribution in [0.2, 0.25) is 0 Å². The summed E-state index contributed by atoms with van der Waals surface area (Å²) in [5.41, 5.74) is 3.14. The zero-order valence-electron chi connectivity index (χ0n) is 12.9. The van der Waals surface area contributed by atoms with Gasteiger partial charge in [0.25, 0.3) is 0 Å². The van der Waals surface area contributed by atoms with Gasteiger partial charge in [-0.1, -0.05) is 52.3 Å². The van der Waals surface area contributed by atoms with E-state index in [0.717, 1.165) is 30.6 Å². The van der Waals surface area contributed by atoms with E-state index in [1.165, 1.54) is 5.56 Å². The number of hydrogen-bond acceptors (Lipinski definition) is 1. The van der Waals surface area contributed by atoms with Crippen molar-refractivity contribution in [2.24, 2.45) is 0 Å². The molecule has 0 aliphatic rings. The molecule has 0 amide bonds. The van der Waals surface area contributed by atoms with E-state index in [9.17, 15) is 4.79 Å². The van der Waals surface area contributed by atoms with Gasteiger partial charge in [-0.3, -0.25) is 4.57 Å². The SMILES string of the molecule is CCCCc1cn(-c2ccccc2C(C)(C)C)c(=O)[nH]1. The van der Waals surface area contributed by atoms with Crippen LogP contribution in [0, 0.1) is 0 Å². The van der Waals surface area contributed by atoms with Crippen molar-refractivity contribution in [2.75, 3.05) is 0 Å². The molecule has 3 heteroatoms. The lowest BCUT2D eigenvalue weighted by Crippen LogP contribution is -2.20. The number of benzene rings is 1. The summed E-state index contributed by atoms with van der Waals surface area (Å²) in [7, 11) is 0. The monoisotopic (exact) mass is 272 g/mol. The minimum Gasteiger partial charge on any atom is -0.310 e. The molecule has 0 spiro atoms. The standard InChI is InChI=1S/C17H24N2O/c1-5-6-9-13-12-19(16(20)18-13)15-11-8-7-10-14(15)17(2,3)4/h7-8,10-12H,5-6,9H2,1-4H3,(H,18,20). The van der Waals surface area contributed by atoms with Crippen molar-refractivity contribution in [3.05, 3.63) is 52.2 Å². The zero-order valence-corrected chi connectivity index (χ0v) is 12.9. The van der Waals surface area contributed by atoms with Crippen LogP contribution in [0.15, 0.2) is 35.3 Å². The molecular formula is C17H24N2O. The Morgan fingerprint density at radius 1 is 1.20 bits per heavy atom. The lowest BCUT2D eigenvalue weighted by Gasteiger charge is -2.22. The Hall–Kier alpha value is -1.77. The zero-order chi connectivity index (χ0) is 14.8. The fraction of sp³-hybridized carbons (Fsp3) is 0.471. The molecule has 0 radical (unpaired) electrons. The number of para-hydroxylation sites is 1. The Morgan fingerprint density at radius 3 is 2.55 bits per heavy atom. The molecule has 0 fully saturated rings. The number of H-pyrrole nitrogens is 1. The van der Waals surface area contributed by atoms with Crippen LogP contribution in [0.5, 0.6) is 0 Å². The summed E-state index contributed by atoms with van der Waals surface area (Å²) in [4.78, 5) is 15.2. The topological polar surface area (TPSA) is 37.8 Å². The van der Waals surface area contributed by atoms with Crippen molar-refractivity contribution in [3.63, 3.8) is 0 Å². The summed E-state index contributed by atoms with van der Waals surface area (Å²) in [5.74, 6) is 0. The fourth-order valence-corrected chi connectivity index (χ4v) is 2.44. The molecule has 1 aromatic carbocycles. The van der Waals surface area contributed by atoms with Crippen LogP contribution < -0.4 is 5.69 Å². The summed E-state index contributed by atoms with van der Waals surface area (Å²) >= 11 is 0. The normalized spacial score (nSPS) is 11.8. The molecule has 2 rings (SSSR count). The third-order valence-corrected chi connectivity index (χ3v) is 3.54. The first kappa shape index (κ1) is 14.6. The highest BCUT2D eigenvalue weighted by Gasteiger charge is 2.19. The Bertz CT molecular complexity index is 629. The molecule has 0 bridgehead atoms. The molecule has 0 saturated heterocycles. The summed E-state index contributed by atoms with van der Waals surface area (Å²) in [6.07, 6.45) is 5.10. The van der Waals surface area contributed by atoms with Crippen molar-refractivity contribution >= 4 is 0 Å². The van der Waals surface area contributed by atoms with Gasteiger partial charge in [0, 0.05) is 11.9 Å². The summed E-state index contributed by atoms with van der Waals surface area (Å²) in [5, 5.41) is 0. The van der Waals surface area contributed by atoms with Gasteiger partial charge >= 0.3 is 5.69 Å². The number of aryl methyl sites for hydroxylation is 1.